The Labute approximate surface area is 198 Å². The highest BCUT2D eigenvalue weighted by Crippen LogP contribution is 2.26. The van der Waals surface area contributed by atoms with Crippen molar-refractivity contribution in [3.63, 3.8) is 0 Å². The van der Waals surface area contributed by atoms with E-state index in [1.165, 1.54) is 4.90 Å². The van der Waals surface area contributed by atoms with E-state index in [-0.39, 0.29) is 24.3 Å². The number of hydrogen-bond acceptors (Lipinski definition) is 5. The van der Waals surface area contributed by atoms with Crippen LogP contribution in [0.25, 0.3) is 11.3 Å². The number of aromatic nitrogens is 2. The van der Waals surface area contributed by atoms with Gasteiger partial charge in [-0.1, -0.05) is 56.3 Å². The lowest BCUT2D eigenvalue weighted by atomic mass is 10.1. The molecule has 1 saturated heterocycles. The molecule has 33 heavy (non-hydrogen) atoms. The molecule has 7 nitrogen and oxygen atoms in total. The average Bonchev–Trinajstić information content (AvgIpc) is 3.18. The predicted molar refractivity (Wildman–Crippen MR) is 132 cm³/mol. The Morgan fingerprint density at radius 2 is 1.91 bits per heavy atom. The van der Waals surface area contributed by atoms with Gasteiger partial charge in [-0.3, -0.25) is 14.9 Å². The van der Waals surface area contributed by atoms with E-state index < -0.39 is 6.29 Å². The Hall–Kier alpha value is -3.10. The molecule has 172 valence electrons. The molecule has 4 rings (SSSR count). The zero-order valence-corrected chi connectivity index (χ0v) is 19.9. The number of carbonyl (C=O) groups is 2. The fraction of sp³-hybridized carbons (Fsp3) is 0.320. The summed E-state index contributed by atoms with van der Waals surface area (Å²) >= 11 is 1.79. The third-order valence-corrected chi connectivity index (χ3v) is 6.22. The maximum absolute atomic E-state index is 12.9. The Kier molecular flexibility index (Phi) is 7.15. The Morgan fingerprint density at radius 1 is 1.18 bits per heavy atom. The molecule has 0 spiro atoms. The first-order valence-corrected chi connectivity index (χ1v) is 12.0. The van der Waals surface area contributed by atoms with Gasteiger partial charge in [0.15, 0.2) is 6.29 Å². The van der Waals surface area contributed by atoms with Gasteiger partial charge in [-0.15, -0.1) is 11.8 Å². The number of nitrogens with one attached hydrogen (secondary N) is 3. The molecule has 0 bridgehead atoms. The second-order valence-electron chi connectivity index (χ2n) is 8.50. The van der Waals surface area contributed by atoms with Gasteiger partial charge in [0, 0.05) is 34.2 Å². The van der Waals surface area contributed by atoms with E-state index in [4.69, 9.17) is 5.10 Å². The summed E-state index contributed by atoms with van der Waals surface area (Å²) in [4.78, 5) is 26.2. The van der Waals surface area contributed by atoms with Crippen molar-refractivity contribution in [1.82, 2.24) is 20.4 Å². The van der Waals surface area contributed by atoms with Gasteiger partial charge in [0.05, 0.1) is 12.1 Å². The van der Waals surface area contributed by atoms with Crippen molar-refractivity contribution >= 4 is 29.4 Å². The van der Waals surface area contributed by atoms with Crippen LogP contribution in [-0.2, 0) is 16.0 Å². The van der Waals surface area contributed by atoms with Gasteiger partial charge < -0.3 is 10.6 Å². The fourth-order valence-electron chi connectivity index (χ4n) is 3.76. The molecule has 0 radical (unpaired) electrons. The van der Waals surface area contributed by atoms with Crippen LogP contribution in [0.1, 0.15) is 39.0 Å². The summed E-state index contributed by atoms with van der Waals surface area (Å²) in [6, 6.07) is 19.7. The molecule has 3 N–H and O–H groups in total. The van der Waals surface area contributed by atoms with Crippen LogP contribution < -0.4 is 16.0 Å². The zero-order valence-electron chi connectivity index (χ0n) is 19.0. The lowest BCUT2D eigenvalue weighted by Gasteiger charge is -2.30. The van der Waals surface area contributed by atoms with Crippen LogP contribution in [0.3, 0.4) is 0 Å². The summed E-state index contributed by atoms with van der Waals surface area (Å²) in [5, 5.41) is 14.4. The van der Waals surface area contributed by atoms with Crippen molar-refractivity contribution in [3.8, 4) is 11.3 Å². The lowest BCUT2D eigenvalue weighted by Crippen LogP contribution is -2.52. The van der Waals surface area contributed by atoms with Gasteiger partial charge >= 0.3 is 0 Å². The molecule has 0 saturated carbocycles. The van der Waals surface area contributed by atoms with Gasteiger partial charge in [-0.2, -0.15) is 5.10 Å². The third-order valence-electron chi connectivity index (χ3n) is 5.21. The second-order valence-corrected chi connectivity index (χ2v) is 10.2. The van der Waals surface area contributed by atoms with E-state index in [1.807, 2.05) is 67.6 Å². The van der Waals surface area contributed by atoms with Crippen molar-refractivity contribution < 1.29 is 9.59 Å². The monoisotopic (exact) mass is 463 g/mol. The Morgan fingerprint density at radius 3 is 2.58 bits per heavy atom. The Bertz CT molecular complexity index is 1110. The predicted octanol–water partition coefficient (Wildman–Crippen LogP) is 4.19. The fourth-order valence-corrected chi connectivity index (χ4v) is 4.59. The highest BCUT2D eigenvalue weighted by Gasteiger charge is 2.27. The van der Waals surface area contributed by atoms with E-state index in [2.05, 4.69) is 29.8 Å². The van der Waals surface area contributed by atoms with Crippen LogP contribution in [0.2, 0.25) is 0 Å². The minimum absolute atomic E-state index is 0.00102. The second kappa shape index (κ2) is 10.2. The van der Waals surface area contributed by atoms with Gasteiger partial charge in [0.2, 0.25) is 11.8 Å². The number of anilines is 1. The van der Waals surface area contributed by atoms with Gasteiger partial charge in [0.25, 0.3) is 0 Å². The molecule has 1 aliphatic heterocycles. The molecule has 3 aromatic rings. The number of hydrogen-bond donors (Lipinski definition) is 3. The zero-order chi connectivity index (χ0) is 23.4. The summed E-state index contributed by atoms with van der Waals surface area (Å²) in [5.74, 6) is 0.326. The third kappa shape index (κ3) is 6.03. The number of rotatable bonds is 7. The summed E-state index contributed by atoms with van der Waals surface area (Å²) in [6.45, 7) is 6.26. The van der Waals surface area contributed by atoms with Crippen molar-refractivity contribution in [2.24, 2.45) is 0 Å². The quantitative estimate of drug-likeness (QED) is 0.458. The highest BCUT2D eigenvalue weighted by molar-refractivity contribution is 7.99. The molecule has 2 heterocycles. The molecule has 2 aromatic carbocycles. The highest BCUT2D eigenvalue weighted by atomic mass is 32.2. The number of benzene rings is 2. The number of carbonyl (C=O) groups excluding carboxylic acids is 2. The van der Waals surface area contributed by atoms with E-state index in [9.17, 15) is 9.59 Å². The first-order valence-electron chi connectivity index (χ1n) is 11.1. The summed E-state index contributed by atoms with van der Waals surface area (Å²) in [6.07, 6.45) is 0.108. The number of nitrogens with zero attached hydrogens (tertiary/aromatic N) is 2. The van der Waals surface area contributed by atoms with Crippen LogP contribution in [0.4, 0.5) is 5.82 Å². The van der Waals surface area contributed by atoms with E-state index in [0.717, 1.165) is 16.8 Å². The maximum atomic E-state index is 12.9. The van der Waals surface area contributed by atoms with Gasteiger partial charge in [-0.25, -0.2) is 4.68 Å². The molecule has 2 unspecified atom stereocenters. The molecule has 1 fully saturated rings. The summed E-state index contributed by atoms with van der Waals surface area (Å²) < 4.78 is 1.64. The van der Waals surface area contributed by atoms with Crippen LogP contribution in [-0.4, -0.2) is 32.9 Å². The number of thioether (sulfide) groups is 1. The first-order chi connectivity index (χ1) is 15.9. The van der Waals surface area contributed by atoms with Crippen LogP contribution in [0.15, 0.2) is 65.6 Å². The van der Waals surface area contributed by atoms with E-state index >= 15 is 0 Å². The van der Waals surface area contributed by atoms with E-state index in [1.54, 1.807) is 16.4 Å². The minimum Gasteiger partial charge on any atom is -0.322 e. The van der Waals surface area contributed by atoms with Crippen LogP contribution >= 0.6 is 11.8 Å². The summed E-state index contributed by atoms with van der Waals surface area (Å²) in [5.41, 5.74) is 2.59. The standard InChI is InChI=1S/C25H29N5O2S/c1-16(2)33-20-11-9-18(10-12-20)14-24(32)27-22-15-21(19-7-5-4-6-8-19)29-30(22)25-26-17(3)13-23(31)28-25/h4-12,15-17,25-26H,13-14H2,1-3H3,(H,27,32)(H,28,31). The van der Waals surface area contributed by atoms with Crippen LogP contribution in [0, 0.1) is 0 Å². The molecule has 0 aliphatic carbocycles. The topological polar surface area (TPSA) is 88.1 Å². The molecular weight excluding hydrogens is 434 g/mol. The van der Waals surface area contributed by atoms with Crippen molar-refractivity contribution in [2.75, 3.05) is 5.32 Å². The smallest absolute Gasteiger partial charge is 0.229 e. The Balaban J connectivity index is 1.54. The molecule has 2 amide bonds. The van der Waals surface area contributed by atoms with Crippen molar-refractivity contribution in [1.29, 1.82) is 0 Å². The lowest BCUT2D eigenvalue weighted by molar-refractivity contribution is -0.125. The van der Waals surface area contributed by atoms with Gasteiger partial charge in [-0.05, 0) is 24.6 Å². The molecule has 8 heteroatoms. The van der Waals surface area contributed by atoms with Crippen molar-refractivity contribution in [3.05, 3.63) is 66.2 Å². The normalized spacial score (nSPS) is 18.2. The van der Waals surface area contributed by atoms with E-state index in [0.29, 0.717) is 17.5 Å². The maximum Gasteiger partial charge on any atom is 0.229 e. The number of amides is 2. The molecular formula is C25H29N5O2S. The average molecular weight is 464 g/mol. The van der Waals surface area contributed by atoms with Crippen molar-refractivity contribution in [2.45, 2.75) is 56.1 Å². The minimum atomic E-state index is -0.540. The van der Waals surface area contributed by atoms with Crippen LogP contribution in [0.5, 0.6) is 0 Å². The van der Waals surface area contributed by atoms with Gasteiger partial charge in [0.1, 0.15) is 5.82 Å². The summed E-state index contributed by atoms with van der Waals surface area (Å²) in [7, 11) is 0. The first kappa shape index (κ1) is 23.1. The molecule has 1 aliphatic rings. The largest absolute Gasteiger partial charge is 0.322 e. The SMILES string of the molecule is CC1CC(=O)NC(n2nc(-c3ccccc3)cc2NC(=O)Cc2ccc(SC(C)C)cc2)N1. The molecule has 2 atom stereocenters. The molecule has 1 aromatic heterocycles.